The van der Waals surface area contributed by atoms with Crippen LogP contribution in [0, 0.1) is 5.92 Å². The maximum absolute atomic E-state index is 14.1. The Balaban J connectivity index is 1.33. The average Bonchev–Trinajstić information content (AvgIpc) is 3.56. The fourth-order valence-corrected chi connectivity index (χ4v) is 5.57. The minimum absolute atomic E-state index is 0.101. The van der Waals surface area contributed by atoms with Crippen molar-refractivity contribution in [1.82, 2.24) is 9.88 Å². The van der Waals surface area contributed by atoms with Crippen LogP contribution in [0.2, 0.25) is 0 Å². The predicted octanol–water partition coefficient (Wildman–Crippen LogP) is 3.73. The zero-order chi connectivity index (χ0) is 28.3. The second-order valence-electron chi connectivity index (χ2n) is 10.2. The van der Waals surface area contributed by atoms with Crippen molar-refractivity contribution >= 4 is 34.9 Å². The lowest BCUT2D eigenvalue weighted by Crippen LogP contribution is -2.54. The van der Waals surface area contributed by atoms with Crippen LogP contribution >= 0.6 is 0 Å². The number of carbonyl (C=O) groups excluding carboxylic acids is 4. The Morgan fingerprint density at radius 1 is 1.05 bits per heavy atom. The van der Waals surface area contributed by atoms with Gasteiger partial charge < -0.3 is 19.7 Å². The quantitative estimate of drug-likeness (QED) is 0.334. The highest BCUT2D eigenvalue weighted by atomic mass is 16.7. The number of allylic oxidation sites excluding steroid dienone is 2. The van der Waals surface area contributed by atoms with Crippen molar-refractivity contribution in [1.29, 1.82) is 0 Å². The molecule has 3 aliphatic rings. The van der Waals surface area contributed by atoms with E-state index in [0.717, 1.165) is 12.0 Å². The van der Waals surface area contributed by atoms with E-state index in [-0.39, 0.29) is 37.3 Å². The van der Waals surface area contributed by atoms with Crippen LogP contribution < -0.4 is 19.7 Å². The number of anilines is 2. The van der Waals surface area contributed by atoms with Crippen LogP contribution in [0.4, 0.5) is 11.4 Å². The van der Waals surface area contributed by atoms with Crippen LogP contribution in [0.25, 0.3) is 0 Å². The van der Waals surface area contributed by atoms with E-state index in [1.807, 2.05) is 12.1 Å². The molecule has 0 unspecified atom stereocenters. The Kier molecular flexibility index (Phi) is 7.20. The Bertz CT molecular complexity index is 1540. The molecule has 208 valence electrons. The number of nitrogens with one attached hydrogen (secondary N) is 1. The molecule has 2 aliphatic heterocycles. The minimum atomic E-state index is -0.860. The molecule has 3 amide bonds. The summed E-state index contributed by atoms with van der Waals surface area (Å²) >= 11 is 0. The molecular weight excluding hydrogens is 524 g/mol. The topological polar surface area (TPSA) is 118 Å². The Hall–Kier alpha value is -4.99. The van der Waals surface area contributed by atoms with E-state index in [0.29, 0.717) is 35.7 Å². The van der Waals surface area contributed by atoms with Gasteiger partial charge in [0.25, 0.3) is 11.7 Å². The summed E-state index contributed by atoms with van der Waals surface area (Å²) in [5.41, 5.74) is 1.90. The fraction of sp³-hybridized carbons (Fsp3) is 0.258. The first-order valence-corrected chi connectivity index (χ1v) is 13.5. The summed E-state index contributed by atoms with van der Waals surface area (Å²) in [5.74, 6) is -1.27. The van der Waals surface area contributed by atoms with Crippen molar-refractivity contribution in [2.24, 2.45) is 5.92 Å². The number of ether oxygens (including phenoxy) is 2. The highest BCUT2D eigenvalue weighted by Gasteiger charge is 2.41. The zero-order valence-electron chi connectivity index (χ0n) is 22.2. The van der Waals surface area contributed by atoms with E-state index in [1.165, 1.54) is 9.80 Å². The zero-order valence-corrected chi connectivity index (χ0v) is 22.2. The van der Waals surface area contributed by atoms with Gasteiger partial charge in [-0.1, -0.05) is 30.4 Å². The number of aromatic nitrogens is 1. The van der Waals surface area contributed by atoms with Gasteiger partial charge in [0, 0.05) is 30.7 Å². The van der Waals surface area contributed by atoms with Gasteiger partial charge in [-0.25, -0.2) is 0 Å². The van der Waals surface area contributed by atoms with Gasteiger partial charge in [-0.2, -0.15) is 0 Å². The molecule has 0 radical (unpaired) electrons. The predicted molar refractivity (Wildman–Crippen MR) is 149 cm³/mol. The van der Waals surface area contributed by atoms with Crippen LogP contribution in [0.5, 0.6) is 11.5 Å². The fourth-order valence-electron chi connectivity index (χ4n) is 5.57. The van der Waals surface area contributed by atoms with Crippen LogP contribution in [0.15, 0.2) is 79.1 Å². The van der Waals surface area contributed by atoms with Crippen molar-refractivity contribution in [3.63, 3.8) is 0 Å². The first kappa shape index (κ1) is 26.2. The molecule has 2 aromatic carbocycles. The number of hydrogen-bond acceptors (Lipinski definition) is 7. The van der Waals surface area contributed by atoms with Gasteiger partial charge >= 0.3 is 0 Å². The standard InChI is InChI=1S/C31H28N4O6/c36-27(18-34-24-11-5-4-10-23(24)29(37)31(34)39)35(17-20-7-6-14-32-16-20)28(21-8-2-1-3-9-21)30(38)33-22-12-13-25-26(15-22)41-19-40-25/h1-2,4-7,10-16,21,28H,3,8-9,17-19H2,(H,33,38)/t21-,28+/m1/s1. The third-order valence-corrected chi connectivity index (χ3v) is 7.57. The average molecular weight is 553 g/mol. The summed E-state index contributed by atoms with van der Waals surface area (Å²) in [4.78, 5) is 60.6. The first-order chi connectivity index (χ1) is 20.0. The van der Waals surface area contributed by atoms with Crippen molar-refractivity contribution in [2.75, 3.05) is 23.6 Å². The molecule has 1 N–H and O–H groups in total. The van der Waals surface area contributed by atoms with Gasteiger partial charge in [-0.15, -0.1) is 0 Å². The van der Waals surface area contributed by atoms with E-state index >= 15 is 0 Å². The summed E-state index contributed by atoms with van der Waals surface area (Å²) in [6.45, 7) is -0.167. The molecule has 0 fully saturated rings. The SMILES string of the molecule is O=C1C(=O)N(CC(=O)N(Cc2cccnc2)[C@H](C(=O)Nc2ccc3c(c2)OCO3)[C@@H]2CC=CCC2)c2ccccc21. The molecule has 0 bridgehead atoms. The number of carbonyl (C=O) groups is 4. The van der Waals surface area contributed by atoms with Gasteiger partial charge in [0.1, 0.15) is 12.6 Å². The number of hydrogen-bond donors (Lipinski definition) is 1. The number of amides is 3. The molecule has 1 aliphatic carbocycles. The number of ketones is 1. The van der Waals surface area contributed by atoms with E-state index in [9.17, 15) is 19.2 Å². The van der Waals surface area contributed by atoms with Crippen molar-refractivity contribution < 1.29 is 28.7 Å². The van der Waals surface area contributed by atoms with Crippen LogP contribution in [-0.2, 0) is 20.9 Å². The number of pyridine rings is 1. The van der Waals surface area contributed by atoms with Crippen LogP contribution in [0.1, 0.15) is 35.2 Å². The Labute approximate surface area is 236 Å². The van der Waals surface area contributed by atoms with E-state index < -0.39 is 23.6 Å². The lowest BCUT2D eigenvalue weighted by atomic mass is 9.85. The summed E-state index contributed by atoms with van der Waals surface area (Å²) in [7, 11) is 0. The molecule has 2 atom stereocenters. The third-order valence-electron chi connectivity index (χ3n) is 7.57. The summed E-state index contributed by atoms with van der Waals surface area (Å²) in [6, 6.07) is 14.5. The van der Waals surface area contributed by atoms with E-state index in [2.05, 4.69) is 16.4 Å². The number of fused-ring (bicyclic) bond motifs is 2. The molecule has 3 aromatic rings. The molecule has 0 spiro atoms. The molecule has 0 saturated heterocycles. The normalized spacial score (nSPS) is 17.8. The van der Waals surface area contributed by atoms with E-state index in [1.54, 1.807) is 60.9 Å². The summed E-state index contributed by atoms with van der Waals surface area (Å²) in [6.07, 6.45) is 9.48. The molecular formula is C31H28N4O6. The molecule has 41 heavy (non-hydrogen) atoms. The molecule has 6 rings (SSSR count). The van der Waals surface area contributed by atoms with Crippen LogP contribution in [-0.4, -0.2) is 52.8 Å². The maximum atomic E-state index is 14.1. The number of benzene rings is 2. The van der Waals surface area contributed by atoms with Crippen molar-refractivity contribution in [3.8, 4) is 11.5 Å². The highest BCUT2D eigenvalue weighted by molar-refractivity contribution is 6.52. The number of para-hydroxylation sites is 1. The monoisotopic (exact) mass is 552 g/mol. The minimum Gasteiger partial charge on any atom is -0.454 e. The number of rotatable bonds is 8. The van der Waals surface area contributed by atoms with Crippen LogP contribution in [0.3, 0.4) is 0 Å². The molecule has 3 heterocycles. The van der Waals surface area contributed by atoms with Crippen molar-refractivity contribution in [2.45, 2.75) is 31.8 Å². The number of Topliss-reactive ketones (excluding diaryl/α,β-unsaturated/α-hetero) is 1. The molecule has 1 aromatic heterocycles. The molecule has 10 heteroatoms. The van der Waals surface area contributed by atoms with Gasteiger partial charge in [0.2, 0.25) is 18.6 Å². The third kappa shape index (κ3) is 5.28. The van der Waals surface area contributed by atoms with Gasteiger partial charge in [0.05, 0.1) is 11.3 Å². The smallest absolute Gasteiger partial charge is 0.299 e. The summed E-state index contributed by atoms with van der Waals surface area (Å²) < 4.78 is 10.8. The maximum Gasteiger partial charge on any atom is 0.299 e. The molecule has 10 nitrogen and oxygen atoms in total. The lowest BCUT2D eigenvalue weighted by molar-refractivity contribution is -0.140. The largest absolute Gasteiger partial charge is 0.454 e. The lowest BCUT2D eigenvalue weighted by Gasteiger charge is -2.37. The Morgan fingerprint density at radius 2 is 1.90 bits per heavy atom. The molecule has 0 saturated carbocycles. The highest BCUT2D eigenvalue weighted by Crippen LogP contribution is 2.35. The van der Waals surface area contributed by atoms with Gasteiger partial charge in [-0.3, -0.25) is 29.1 Å². The number of nitrogens with zero attached hydrogens (tertiary/aromatic N) is 3. The van der Waals surface area contributed by atoms with Gasteiger partial charge in [-0.05, 0) is 61.1 Å². The van der Waals surface area contributed by atoms with Crippen molar-refractivity contribution in [3.05, 3.63) is 90.3 Å². The Morgan fingerprint density at radius 3 is 2.71 bits per heavy atom. The first-order valence-electron chi connectivity index (χ1n) is 13.5. The van der Waals surface area contributed by atoms with Gasteiger partial charge in [0.15, 0.2) is 11.5 Å². The second-order valence-corrected chi connectivity index (χ2v) is 10.2. The van der Waals surface area contributed by atoms with E-state index in [4.69, 9.17) is 9.47 Å². The second kappa shape index (κ2) is 11.2. The summed E-state index contributed by atoms with van der Waals surface area (Å²) in [5, 5.41) is 2.97.